The van der Waals surface area contributed by atoms with Gasteiger partial charge in [-0.15, -0.1) is 0 Å². The van der Waals surface area contributed by atoms with Crippen LogP contribution in [0.25, 0.3) is 0 Å². The van der Waals surface area contributed by atoms with Gasteiger partial charge in [0.15, 0.2) is 0 Å². The van der Waals surface area contributed by atoms with Crippen molar-refractivity contribution in [2.75, 3.05) is 51.4 Å². The van der Waals surface area contributed by atoms with Crippen molar-refractivity contribution in [3.63, 3.8) is 0 Å². The topological polar surface area (TPSA) is 80.7 Å². The first-order valence-electron chi connectivity index (χ1n) is 12.8. The van der Waals surface area contributed by atoms with E-state index < -0.39 is 6.09 Å². The number of amides is 1. The summed E-state index contributed by atoms with van der Waals surface area (Å²) in [6.45, 7) is 8.41. The second kappa shape index (κ2) is 12.3. The van der Waals surface area contributed by atoms with E-state index >= 15 is 0 Å². The second-order valence-electron chi connectivity index (χ2n) is 9.69. The highest BCUT2D eigenvalue weighted by Gasteiger charge is 2.33. The number of carbonyl (C=O) groups is 1. The van der Waals surface area contributed by atoms with Gasteiger partial charge in [-0.3, -0.25) is 0 Å². The lowest BCUT2D eigenvalue weighted by atomic mass is 9.87. The molecule has 2 unspecified atom stereocenters. The van der Waals surface area contributed by atoms with Gasteiger partial charge in [0, 0.05) is 32.7 Å². The zero-order chi connectivity index (χ0) is 25.5. The van der Waals surface area contributed by atoms with Crippen molar-refractivity contribution >= 4 is 11.8 Å². The molecule has 4 rings (SSSR count). The summed E-state index contributed by atoms with van der Waals surface area (Å²) in [5.41, 5.74) is 3.26. The zero-order valence-corrected chi connectivity index (χ0v) is 21.5. The van der Waals surface area contributed by atoms with Crippen molar-refractivity contribution in [3.05, 3.63) is 53.6 Å². The lowest BCUT2D eigenvalue weighted by molar-refractivity contribution is -0.0199. The van der Waals surface area contributed by atoms with E-state index in [9.17, 15) is 9.90 Å². The van der Waals surface area contributed by atoms with Crippen molar-refractivity contribution in [1.82, 2.24) is 4.90 Å². The molecule has 1 saturated heterocycles. The Hall–Kier alpha value is -2.97. The molecule has 0 bridgehead atoms. The van der Waals surface area contributed by atoms with Crippen LogP contribution >= 0.6 is 0 Å². The number of anilines is 1. The predicted octanol–water partition coefficient (Wildman–Crippen LogP) is 4.76. The van der Waals surface area contributed by atoms with Crippen LogP contribution in [-0.4, -0.2) is 74.8 Å². The molecule has 2 aromatic rings. The van der Waals surface area contributed by atoms with Crippen molar-refractivity contribution in [1.29, 1.82) is 0 Å². The average Bonchev–Trinajstić information content (AvgIpc) is 2.87. The maximum Gasteiger partial charge on any atom is 0.407 e. The number of piperidine rings is 1. The minimum Gasteiger partial charge on any atom is -0.491 e. The summed E-state index contributed by atoms with van der Waals surface area (Å²) in [6, 6.07) is 14.3. The molecule has 0 aromatic heterocycles. The molecule has 0 saturated carbocycles. The molecule has 1 amide bonds. The molecule has 0 spiro atoms. The fourth-order valence-corrected chi connectivity index (χ4v) is 4.95. The number of hydrogen-bond donors (Lipinski definition) is 1. The largest absolute Gasteiger partial charge is 0.491 e. The molecule has 2 atom stereocenters. The molecule has 2 aromatic carbocycles. The molecule has 1 fully saturated rings. The summed E-state index contributed by atoms with van der Waals surface area (Å²) in [6.07, 6.45) is 0.639. The molecule has 2 aliphatic heterocycles. The minimum absolute atomic E-state index is 0.111. The highest BCUT2D eigenvalue weighted by atomic mass is 16.5. The maximum absolute atomic E-state index is 11.7. The van der Waals surface area contributed by atoms with Crippen LogP contribution in [-0.2, 0) is 16.1 Å². The number of benzene rings is 2. The van der Waals surface area contributed by atoms with Crippen LogP contribution in [0.1, 0.15) is 43.7 Å². The van der Waals surface area contributed by atoms with Gasteiger partial charge in [-0.25, -0.2) is 4.79 Å². The van der Waals surface area contributed by atoms with E-state index in [1.807, 2.05) is 38.1 Å². The summed E-state index contributed by atoms with van der Waals surface area (Å²) in [4.78, 5) is 15.5. The number of ether oxygens (including phenoxy) is 4. The number of rotatable bonds is 10. The Balaban J connectivity index is 1.47. The van der Waals surface area contributed by atoms with Crippen molar-refractivity contribution in [2.24, 2.45) is 0 Å². The van der Waals surface area contributed by atoms with Gasteiger partial charge in [0.25, 0.3) is 0 Å². The molecule has 2 aliphatic rings. The van der Waals surface area contributed by atoms with Crippen molar-refractivity contribution in [3.8, 4) is 11.5 Å². The van der Waals surface area contributed by atoms with E-state index in [0.29, 0.717) is 32.7 Å². The first-order valence-corrected chi connectivity index (χ1v) is 12.8. The first kappa shape index (κ1) is 26.1. The Morgan fingerprint density at radius 1 is 1.17 bits per heavy atom. The van der Waals surface area contributed by atoms with Crippen molar-refractivity contribution in [2.45, 2.75) is 51.4 Å². The van der Waals surface area contributed by atoms with Gasteiger partial charge in [-0.05, 0) is 62.1 Å². The number of nitrogens with zero attached hydrogens (tertiary/aromatic N) is 2. The van der Waals surface area contributed by atoms with Crippen LogP contribution in [0.5, 0.6) is 11.5 Å². The monoisotopic (exact) mass is 498 g/mol. The molecule has 0 radical (unpaired) electrons. The molecule has 8 nitrogen and oxygen atoms in total. The fourth-order valence-electron chi connectivity index (χ4n) is 4.95. The van der Waals surface area contributed by atoms with Crippen LogP contribution in [0.3, 0.4) is 0 Å². The summed E-state index contributed by atoms with van der Waals surface area (Å²) in [5, 5.41) is 9.59. The molecule has 2 heterocycles. The molecule has 0 aliphatic carbocycles. The third-order valence-corrected chi connectivity index (χ3v) is 6.73. The van der Waals surface area contributed by atoms with Gasteiger partial charge in [-0.1, -0.05) is 18.2 Å². The maximum atomic E-state index is 11.7. The Kier molecular flexibility index (Phi) is 8.93. The van der Waals surface area contributed by atoms with Gasteiger partial charge in [-0.2, -0.15) is 0 Å². The number of carboxylic acid groups (broad SMARTS) is 1. The summed E-state index contributed by atoms with van der Waals surface area (Å²) in [5.74, 6) is 1.83. The number of fused-ring (bicyclic) bond motifs is 1. The molecular formula is C28H38N2O6. The number of methoxy groups -OCH3 is 1. The van der Waals surface area contributed by atoms with Crippen LogP contribution in [0.2, 0.25) is 0 Å². The third-order valence-electron chi connectivity index (χ3n) is 6.73. The fraction of sp³-hybridized carbons (Fsp3) is 0.536. The third kappa shape index (κ3) is 6.62. The Bertz CT molecular complexity index is 996. The van der Waals surface area contributed by atoms with E-state index in [4.69, 9.17) is 18.9 Å². The number of hydrogen-bond acceptors (Lipinski definition) is 6. The van der Waals surface area contributed by atoms with E-state index in [1.54, 1.807) is 7.11 Å². The van der Waals surface area contributed by atoms with E-state index in [1.165, 1.54) is 4.90 Å². The predicted molar refractivity (Wildman–Crippen MR) is 138 cm³/mol. The van der Waals surface area contributed by atoms with E-state index in [2.05, 4.69) is 23.1 Å². The number of likely N-dealkylation sites (tertiary alicyclic amines) is 1. The standard InChI is InChI=1S/C28H38N2O6/c1-20(2)36-23-8-6-22(7-9-23)24-11-13-30(28(31)32)18-27(24)35-19-21-5-10-26-25(17-21)29(14-16-34-26)12-4-15-33-3/h5-10,17,20,24,27H,4,11-16,18-19H2,1-3H3,(H,31,32). The van der Waals surface area contributed by atoms with E-state index in [-0.39, 0.29) is 18.1 Å². The SMILES string of the molecule is COCCCN1CCOc2ccc(COC3CN(C(=O)O)CCC3c3ccc(OC(C)C)cc3)cc21. The van der Waals surface area contributed by atoms with Crippen molar-refractivity contribution < 1.29 is 28.8 Å². The van der Waals surface area contributed by atoms with Crippen LogP contribution in [0, 0.1) is 0 Å². The van der Waals surface area contributed by atoms with Gasteiger partial charge in [0.2, 0.25) is 0 Å². The minimum atomic E-state index is -0.902. The van der Waals surface area contributed by atoms with E-state index in [0.717, 1.165) is 54.4 Å². The van der Waals surface area contributed by atoms with Crippen LogP contribution in [0.4, 0.5) is 10.5 Å². The van der Waals surface area contributed by atoms with Gasteiger partial charge in [0.05, 0.1) is 37.6 Å². The van der Waals surface area contributed by atoms with Crippen LogP contribution < -0.4 is 14.4 Å². The summed E-state index contributed by atoms with van der Waals surface area (Å²) >= 11 is 0. The highest BCUT2D eigenvalue weighted by Crippen LogP contribution is 2.35. The molecular weight excluding hydrogens is 460 g/mol. The summed E-state index contributed by atoms with van der Waals surface area (Å²) < 4.78 is 23.3. The van der Waals surface area contributed by atoms with Gasteiger partial charge < -0.3 is 33.9 Å². The lowest BCUT2D eigenvalue weighted by Gasteiger charge is -2.37. The normalized spacial score (nSPS) is 19.7. The molecule has 36 heavy (non-hydrogen) atoms. The smallest absolute Gasteiger partial charge is 0.407 e. The summed E-state index contributed by atoms with van der Waals surface area (Å²) in [7, 11) is 1.72. The Morgan fingerprint density at radius 2 is 1.97 bits per heavy atom. The molecule has 8 heteroatoms. The molecule has 1 N–H and O–H groups in total. The van der Waals surface area contributed by atoms with Gasteiger partial charge in [0.1, 0.15) is 18.1 Å². The quantitative estimate of drug-likeness (QED) is 0.473. The first-order chi connectivity index (χ1) is 17.4. The molecule has 196 valence electrons. The second-order valence-corrected chi connectivity index (χ2v) is 9.69. The Morgan fingerprint density at radius 3 is 2.69 bits per heavy atom. The zero-order valence-electron chi connectivity index (χ0n) is 21.5. The van der Waals surface area contributed by atoms with Gasteiger partial charge >= 0.3 is 6.09 Å². The highest BCUT2D eigenvalue weighted by molar-refractivity contribution is 5.65. The van der Waals surface area contributed by atoms with Crippen LogP contribution in [0.15, 0.2) is 42.5 Å². The lowest BCUT2D eigenvalue weighted by Crippen LogP contribution is -2.46. The average molecular weight is 499 g/mol. The Labute approximate surface area is 213 Å².